The molecule has 2 aromatic rings. The van der Waals surface area contributed by atoms with Crippen molar-refractivity contribution >= 4 is 17.4 Å². The smallest absolute Gasteiger partial charge is 0.0729 e. The second-order valence-electron chi connectivity index (χ2n) is 6.16. The molecule has 2 aromatic carbocycles. The summed E-state index contributed by atoms with van der Waals surface area (Å²) in [5.41, 5.74) is 12.8. The third-order valence-corrected chi connectivity index (χ3v) is 5.95. The molecule has 0 radical (unpaired) electrons. The van der Waals surface area contributed by atoms with E-state index in [1.807, 2.05) is 11.8 Å². The van der Waals surface area contributed by atoms with Crippen molar-refractivity contribution in [2.24, 2.45) is 5.73 Å². The van der Waals surface area contributed by atoms with Crippen molar-refractivity contribution in [3.8, 4) is 11.1 Å². The Morgan fingerprint density at radius 2 is 1.78 bits per heavy atom. The summed E-state index contributed by atoms with van der Waals surface area (Å²) in [5.74, 6) is 1.03. The fourth-order valence-corrected chi connectivity index (χ4v) is 4.89. The average Bonchev–Trinajstić information content (AvgIpc) is 3.05. The largest absolute Gasteiger partial charge is 0.333 e. The molecule has 2 aliphatic rings. The van der Waals surface area contributed by atoms with Gasteiger partial charge in [0.2, 0.25) is 0 Å². The summed E-state index contributed by atoms with van der Waals surface area (Å²) in [6.07, 6.45) is 5.10. The van der Waals surface area contributed by atoms with Crippen LogP contribution >= 0.6 is 11.8 Å². The zero-order valence-corrected chi connectivity index (χ0v) is 14.1. The number of benzene rings is 2. The molecule has 3 heteroatoms. The van der Waals surface area contributed by atoms with Crippen molar-refractivity contribution in [1.29, 1.82) is 0 Å². The molecule has 0 saturated heterocycles. The van der Waals surface area contributed by atoms with Crippen molar-refractivity contribution in [3.05, 3.63) is 64.7 Å². The molecule has 1 heterocycles. The SMILES string of the molecule is NCc1cccc(-c2ccccc2)c1N1CSC2=C1CCCC2. The van der Waals surface area contributed by atoms with E-state index in [9.17, 15) is 0 Å². The van der Waals surface area contributed by atoms with Crippen molar-refractivity contribution in [1.82, 2.24) is 0 Å². The van der Waals surface area contributed by atoms with Gasteiger partial charge in [0.15, 0.2) is 0 Å². The molecule has 0 bridgehead atoms. The van der Waals surface area contributed by atoms with Gasteiger partial charge in [-0.15, -0.1) is 11.8 Å². The molecule has 4 rings (SSSR count). The highest BCUT2D eigenvalue weighted by Crippen LogP contribution is 2.46. The van der Waals surface area contributed by atoms with E-state index in [1.54, 1.807) is 10.6 Å². The maximum Gasteiger partial charge on any atom is 0.0729 e. The van der Waals surface area contributed by atoms with Crippen LogP contribution < -0.4 is 10.6 Å². The Kier molecular flexibility index (Phi) is 4.15. The van der Waals surface area contributed by atoms with Crippen LogP contribution in [0.4, 0.5) is 5.69 Å². The van der Waals surface area contributed by atoms with Crippen molar-refractivity contribution in [2.75, 3.05) is 10.8 Å². The molecule has 118 valence electrons. The average molecular weight is 322 g/mol. The Bertz CT molecular complexity index is 737. The normalized spacial score (nSPS) is 17.5. The molecule has 2 N–H and O–H groups in total. The van der Waals surface area contributed by atoms with E-state index in [0.29, 0.717) is 6.54 Å². The predicted molar refractivity (Wildman–Crippen MR) is 100 cm³/mol. The highest BCUT2D eigenvalue weighted by Gasteiger charge is 2.29. The standard InChI is InChI=1S/C20H22N2S/c21-13-16-9-6-10-17(15-7-2-1-3-8-15)20(16)22-14-23-19-12-5-4-11-18(19)22/h1-3,6-10H,4-5,11-14,21H2. The van der Waals surface area contributed by atoms with Gasteiger partial charge in [-0.05, 0) is 36.8 Å². The second kappa shape index (κ2) is 6.42. The number of allylic oxidation sites excluding steroid dienone is 2. The highest BCUT2D eigenvalue weighted by molar-refractivity contribution is 8.03. The summed E-state index contributed by atoms with van der Waals surface area (Å²) in [5, 5.41) is 0. The molecule has 0 saturated carbocycles. The fourth-order valence-electron chi connectivity index (χ4n) is 3.65. The summed E-state index contributed by atoms with van der Waals surface area (Å²) < 4.78 is 0. The summed E-state index contributed by atoms with van der Waals surface area (Å²) in [7, 11) is 0. The molecule has 1 aliphatic carbocycles. The van der Waals surface area contributed by atoms with Gasteiger partial charge in [0.1, 0.15) is 0 Å². The van der Waals surface area contributed by atoms with E-state index in [-0.39, 0.29) is 0 Å². The first-order chi connectivity index (χ1) is 11.4. The Morgan fingerprint density at radius 3 is 2.61 bits per heavy atom. The lowest BCUT2D eigenvalue weighted by atomic mass is 9.97. The number of hydrogen-bond donors (Lipinski definition) is 1. The van der Waals surface area contributed by atoms with Gasteiger partial charge >= 0.3 is 0 Å². The summed E-state index contributed by atoms with van der Waals surface area (Å²) in [4.78, 5) is 4.13. The van der Waals surface area contributed by atoms with Gasteiger partial charge in [0.25, 0.3) is 0 Å². The second-order valence-corrected chi connectivity index (χ2v) is 7.20. The Labute approximate surface area is 142 Å². The first kappa shape index (κ1) is 14.9. The number of rotatable bonds is 3. The molecule has 2 nitrogen and oxygen atoms in total. The van der Waals surface area contributed by atoms with Crippen molar-refractivity contribution in [2.45, 2.75) is 32.2 Å². The van der Waals surface area contributed by atoms with Gasteiger partial charge in [-0.2, -0.15) is 0 Å². The number of hydrogen-bond acceptors (Lipinski definition) is 3. The molecular weight excluding hydrogens is 300 g/mol. The molecule has 0 spiro atoms. The molecule has 1 aliphatic heterocycles. The Morgan fingerprint density at radius 1 is 0.957 bits per heavy atom. The number of nitrogens with two attached hydrogens (primary N) is 1. The third-order valence-electron chi connectivity index (χ3n) is 4.78. The molecule has 0 atom stereocenters. The summed E-state index contributed by atoms with van der Waals surface area (Å²) in [6.45, 7) is 0.583. The molecule has 23 heavy (non-hydrogen) atoms. The number of nitrogens with zero attached hydrogens (tertiary/aromatic N) is 1. The first-order valence-corrected chi connectivity index (χ1v) is 9.37. The van der Waals surface area contributed by atoms with Crippen LogP contribution in [0.2, 0.25) is 0 Å². The van der Waals surface area contributed by atoms with Crippen LogP contribution in [-0.2, 0) is 6.54 Å². The lowest BCUT2D eigenvalue weighted by Gasteiger charge is -2.28. The van der Waals surface area contributed by atoms with E-state index >= 15 is 0 Å². The zero-order valence-electron chi connectivity index (χ0n) is 13.3. The van der Waals surface area contributed by atoms with Crippen LogP contribution in [-0.4, -0.2) is 5.88 Å². The van der Waals surface area contributed by atoms with Gasteiger partial charge in [-0.3, -0.25) is 0 Å². The Balaban J connectivity index is 1.86. The minimum Gasteiger partial charge on any atom is -0.333 e. The van der Waals surface area contributed by atoms with E-state index in [0.717, 1.165) is 5.88 Å². The quantitative estimate of drug-likeness (QED) is 0.851. The van der Waals surface area contributed by atoms with E-state index in [2.05, 4.69) is 53.4 Å². The lowest BCUT2D eigenvalue weighted by Crippen LogP contribution is -2.22. The summed E-state index contributed by atoms with van der Waals surface area (Å²) >= 11 is 2.02. The van der Waals surface area contributed by atoms with Crippen LogP contribution in [0.15, 0.2) is 59.1 Å². The number of thioether (sulfide) groups is 1. The monoisotopic (exact) mass is 322 g/mol. The zero-order chi connectivity index (χ0) is 15.6. The van der Waals surface area contributed by atoms with Crippen LogP contribution in [0.5, 0.6) is 0 Å². The van der Waals surface area contributed by atoms with Crippen LogP contribution in [0, 0.1) is 0 Å². The highest BCUT2D eigenvalue weighted by atomic mass is 32.2. The van der Waals surface area contributed by atoms with Gasteiger partial charge in [0, 0.05) is 22.7 Å². The molecule has 0 unspecified atom stereocenters. The molecule has 0 fully saturated rings. The van der Waals surface area contributed by atoms with Gasteiger partial charge in [0.05, 0.1) is 11.6 Å². The van der Waals surface area contributed by atoms with E-state index in [4.69, 9.17) is 5.73 Å². The topological polar surface area (TPSA) is 29.3 Å². The first-order valence-electron chi connectivity index (χ1n) is 8.38. The molecule has 0 aromatic heterocycles. The van der Waals surface area contributed by atoms with E-state index < -0.39 is 0 Å². The third kappa shape index (κ3) is 2.68. The maximum atomic E-state index is 6.08. The van der Waals surface area contributed by atoms with Crippen molar-refractivity contribution < 1.29 is 0 Å². The maximum absolute atomic E-state index is 6.08. The van der Waals surface area contributed by atoms with Gasteiger partial charge < -0.3 is 10.6 Å². The van der Waals surface area contributed by atoms with Gasteiger partial charge in [-0.1, -0.05) is 48.5 Å². The number of para-hydroxylation sites is 1. The van der Waals surface area contributed by atoms with Gasteiger partial charge in [-0.25, -0.2) is 0 Å². The predicted octanol–water partition coefficient (Wildman–Crippen LogP) is 5.11. The van der Waals surface area contributed by atoms with Crippen LogP contribution in [0.25, 0.3) is 11.1 Å². The van der Waals surface area contributed by atoms with Crippen LogP contribution in [0.1, 0.15) is 31.2 Å². The van der Waals surface area contributed by atoms with E-state index in [1.165, 1.54) is 48.1 Å². The minimum absolute atomic E-state index is 0.583. The molecular formula is C20H22N2S. The van der Waals surface area contributed by atoms with Crippen molar-refractivity contribution in [3.63, 3.8) is 0 Å². The number of anilines is 1. The minimum atomic E-state index is 0.583. The lowest BCUT2D eigenvalue weighted by molar-refractivity contribution is 0.683. The Hall–Kier alpha value is -1.71. The fraction of sp³-hybridized carbons (Fsp3) is 0.300. The van der Waals surface area contributed by atoms with Crippen LogP contribution in [0.3, 0.4) is 0 Å². The molecule has 0 amide bonds. The summed E-state index contributed by atoms with van der Waals surface area (Å²) in [6, 6.07) is 17.2.